The molecule has 2 aliphatic rings. The summed E-state index contributed by atoms with van der Waals surface area (Å²) in [6.45, 7) is 6.43. The fourth-order valence-corrected chi connectivity index (χ4v) is 6.61. The van der Waals surface area contributed by atoms with Gasteiger partial charge in [0.2, 0.25) is 6.23 Å². The Hall–Kier alpha value is -3.27. The molecule has 0 radical (unpaired) electrons. The number of aryl methyl sites for hydroxylation is 1. The van der Waals surface area contributed by atoms with Crippen LogP contribution in [0, 0.1) is 6.92 Å². The first kappa shape index (κ1) is 35.6. The SMILES string of the molecule is Cc1ccc(OP(=O)(N[C@@H](C)C(=O)OC(C)C)OC[C@H]2OC(n3ccc(NC[C@@]4(C=O)CCCN4C)nc3=O)C(F)(F)[C@@H]2O)cc1. The molecule has 2 aromatic rings. The quantitative estimate of drug-likeness (QED) is 0.152. The van der Waals surface area contributed by atoms with Crippen LogP contribution < -0.4 is 20.6 Å². The Morgan fingerprint density at radius 2 is 1.96 bits per heavy atom. The zero-order valence-electron chi connectivity index (χ0n) is 26.2. The first-order valence-electron chi connectivity index (χ1n) is 14.8. The molecule has 0 aliphatic carbocycles. The summed E-state index contributed by atoms with van der Waals surface area (Å²) in [5, 5.41) is 15.9. The van der Waals surface area contributed by atoms with Crippen LogP contribution in [0.15, 0.2) is 41.3 Å². The number of hydrogen-bond donors (Lipinski definition) is 3. The van der Waals surface area contributed by atoms with Crippen LogP contribution in [0.2, 0.25) is 0 Å². The number of aliphatic hydroxyl groups is 1. The molecule has 1 aromatic heterocycles. The largest absolute Gasteiger partial charge is 0.462 e. The van der Waals surface area contributed by atoms with Gasteiger partial charge in [-0.1, -0.05) is 17.7 Å². The first-order valence-corrected chi connectivity index (χ1v) is 16.3. The van der Waals surface area contributed by atoms with Gasteiger partial charge in [-0.25, -0.2) is 9.36 Å². The predicted octanol–water partition coefficient (Wildman–Crippen LogP) is 2.65. The number of rotatable bonds is 14. The van der Waals surface area contributed by atoms with Crippen LogP contribution in [-0.4, -0.2) is 94.4 Å². The zero-order valence-corrected chi connectivity index (χ0v) is 27.1. The molecule has 0 spiro atoms. The summed E-state index contributed by atoms with van der Waals surface area (Å²) in [6, 6.07) is 6.41. The smallest absolute Gasteiger partial charge is 0.459 e. The summed E-state index contributed by atoms with van der Waals surface area (Å²) < 4.78 is 66.4. The molecular weight excluding hydrogens is 631 g/mol. The topological polar surface area (TPSA) is 171 Å². The second-order valence-electron chi connectivity index (χ2n) is 11.8. The monoisotopic (exact) mass is 671 g/mol. The van der Waals surface area contributed by atoms with Crippen molar-refractivity contribution in [2.75, 3.05) is 32.1 Å². The maximum absolute atomic E-state index is 15.3. The summed E-state index contributed by atoms with van der Waals surface area (Å²) in [7, 11) is -2.66. The number of aldehydes is 1. The van der Waals surface area contributed by atoms with E-state index in [1.807, 2.05) is 18.9 Å². The molecule has 1 aromatic carbocycles. The van der Waals surface area contributed by atoms with Crippen LogP contribution >= 0.6 is 7.75 Å². The number of anilines is 1. The van der Waals surface area contributed by atoms with Crippen molar-refractivity contribution in [1.82, 2.24) is 19.5 Å². The number of benzene rings is 1. The summed E-state index contributed by atoms with van der Waals surface area (Å²) in [4.78, 5) is 42.7. The van der Waals surface area contributed by atoms with Crippen LogP contribution in [0.4, 0.5) is 14.6 Å². The van der Waals surface area contributed by atoms with Crippen molar-refractivity contribution in [2.24, 2.45) is 0 Å². The van der Waals surface area contributed by atoms with Gasteiger partial charge < -0.3 is 29.2 Å². The van der Waals surface area contributed by atoms with Crippen molar-refractivity contribution in [1.29, 1.82) is 0 Å². The normalized spacial score (nSPS) is 26.4. The van der Waals surface area contributed by atoms with E-state index in [9.17, 15) is 24.1 Å². The van der Waals surface area contributed by atoms with E-state index in [0.717, 1.165) is 31.0 Å². The van der Waals surface area contributed by atoms with E-state index >= 15 is 8.78 Å². The van der Waals surface area contributed by atoms with Crippen molar-refractivity contribution in [2.45, 2.75) is 82.6 Å². The Morgan fingerprint density at radius 1 is 1.26 bits per heavy atom. The lowest BCUT2D eigenvalue weighted by Gasteiger charge is -2.30. The summed E-state index contributed by atoms with van der Waals surface area (Å²) >= 11 is 0. The summed E-state index contributed by atoms with van der Waals surface area (Å²) in [6.07, 6.45) is -3.71. The molecule has 4 rings (SSSR count). The molecule has 254 valence electrons. The zero-order chi connectivity index (χ0) is 33.9. The maximum Gasteiger partial charge on any atom is 0.459 e. The van der Waals surface area contributed by atoms with Gasteiger partial charge in [0.05, 0.1) is 18.2 Å². The van der Waals surface area contributed by atoms with Gasteiger partial charge in [-0.15, -0.1) is 0 Å². The Balaban J connectivity index is 1.48. The molecule has 0 amide bonds. The van der Waals surface area contributed by atoms with Gasteiger partial charge in [0, 0.05) is 12.7 Å². The Morgan fingerprint density at radius 3 is 2.54 bits per heavy atom. The Kier molecular flexibility index (Phi) is 11.0. The number of esters is 1. The molecule has 3 heterocycles. The highest BCUT2D eigenvalue weighted by Gasteiger charge is 2.60. The molecule has 2 unspecified atom stereocenters. The molecular formula is C29H40F2N5O9P. The maximum atomic E-state index is 15.3. The van der Waals surface area contributed by atoms with Gasteiger partial charge in [-0.3, -0.25) is 18.8 Å². The standard InChI is InChI=1S/C29H40F2N5O9P/c1-18(2)43-25(39)20(4)34-46(41,45-21-9-7-19(3)8-10-21)42-15-22-24(38)29(30,31)26(44-22)36-14-11-23(33-27(36)40)32-16-28(17-37)12-6-13-35(28)5/h7-11,14,17-18,20,22,24,26,38H,6,12-13,15-16H2,1-5H3,(H,34,41)(H,32,33,40)/t20-,22+,24+,26?,28+,46?/m0/s1. The number of hydrogen-bond acceptors (Lipinski definition) is 12. The summed E-state index contributed by atoms with van der Waals surface area (Å²) in [5.41, 5.74) is -1.00. The molecule has 6 atom stereocenters. The highest BCUT2D eigenvalue weighted by Crippen LogP contribution is 2.48. The molecule has 46 heavy (non-hydrogen) atoms. The number of alkyl halides is 2. The van der Waals surface area contributed by atoms with Gasteiger partial charge in [-0.2, -0.15) is 18.9 Å². The minimum Gasteiger partial charge on any atom is -0.462 e. The average molecular weight is 672 g/mol. The number of carbonyl (C=O) groups excluding carboxylic acids is 2. The number of likely N-dealkylation sites (tertiary alicyclic amines) is 1. The molecule has 17 heteroatoms. The van der Waals surface area contributed by atoms with E-state index in [4.69, 9.17) is 18.5 Å². The van der Waals surface area contributed by atoms with E-state index < -0.39 is 68.1 Å². The average Bonchev–Trinajstić information content (AvgIpc) is 3.47. The lowest BCUT2D eigenvalue weighted by molar-refractivity contribution is -0.149. The van der Waals surface area contributed by atoms with E-state index in [-0.39, 0.29) is 18.1 Å². The fourth-order valence-electron chi connectivity index (χ4n) is 5.11. The fraction of sp³-hybridized carbons (Fsp3) is 0.586. The van der Waals surface area contributed by atoms with Crippen LogP contribution in [0.1, 0.15) is 45.4 Å². The third-order valence-electron chi connectivity index (χ3n) is 7.83. The van der Waals surface area contributed by atoms with Crippen LogP contribution in [0.3, 0.4) is 0 Å². The van der Waals surface area contributed by atoms with Crippen molar-refractivity contribution < 1.29 is 46.6 Å². The van der Waals surface area contributed by atoms with E-state index in [1.165, 1.54) is 25.1 Å². The van der Waals surface area contributed by atoms with Gasteiger partial charge in [0.25, 0.3) is 0 Å². The highest BCUT2D eigenvalue weighted by molar-refractivity contribution is 7.52. The Bertz CT molecular complexity index is 1490. The van der Waals surface area contributed by atoms with E-state index in [0.29, 0.717) is 11.0 Å². The lowest BCUT2D eigenvalue weighted by atomic mass is 9.98. The van der Waals surface area contributed by atoms with E-state index in [1.54, 1.807) is 26.0 Å². The van der Waals surface area contributed by atoms with Crippen molar-refractivity contribution in [3.63, 3.8) is 0 Å². The lowest BCUT2D eigenvalue weighted by Crippen LogP contribution is -2.48. The molecule has 2 aliphatic heterocycles. The number of ether oxygens (including phenoxy) is 2. The number of halogens is 2. The molecule has 2 fully saturated rings. The molecule has 0 saturated carbocycles. The molecule has 14 nitrogen and oxygen atoms in total. The third-order valence-corrected chi connectivity index (χ3v) is 9.48. The van der Waals surface area contributed by atoms with Crippen molar-refractivity contribution in [3.05, 3.63) is 52.6 Å². The van der Waals surface area contributed by atoms with Gasteiger partial charge in [0.1, 0.15) is 30.0 Å². The number of carbonyl (C=O) groups is 2. The number of likely N-dealkylation sites (N-methyl/N-ethyl adjacent to an activating group) is 1. The second-order valence-corrected chi connectivity index (χ2v) is 13.5. The highest BCUT2D eigenvalue weighted by atomic mass is 31.2. The number of aliphatic hydroxyl groups excluding tert-OH is 1. The molecule has 2 saturated heterocycles. The van der Waals surface area contributed by atoms with Crippen LogP contribution in [0.5, 0.6) is 5.75 Å². The van der Waals surface area contributed by atoms with Crippen LogP contribution in [-0.2, 0) is 28.2 Å². The van der Waals surface area contributed by atoms with Crippen molar-refractivity contribution in [3.8, 4) is 5.75 Å². The Labute approximate surface area is 265 Å². The third kappa shape index (κ3) is 7.99. The van der Waals surface area contributed by atoms with Gasteiger partial charge in [0.15, 0.2) is 6.10 Å². The molecule has 0 bridgehead atoms. The second kappa shape index (κ2) is 14.2. The van der Waals surface area contributed by atoms with Crippen LogP contribution in [0.25, 0.3) is 0 Å². The van der Waals surface area contributed by atoms with E-state index in [2.05, 4.69) is 15.4 Å². The molecule has 3 N–H and O–H groups in total. The first-order chi connectivity index (χ1) is 21.6. The van der Waals surface area contributed by atoms with Crippen molar-refractivity contribution >= 4 is 25.8 Å². The number of nitrogens with zero attached hydrogens (tertiary/aromatic N) is 3. The minimum atomic E-state index is -4.47. The predicted molar refractivity (Wildman–Crippen MR) is 162 cm³/mol. The number of aromatic nitrogens is 2. The minimum absolute atomic E-state index is 0.0647. The van der Waals surface area contributed by atoms with Gasteiger partial charge >= 0.3 is 25.3 Å². The summed E-state index contributed by atoms with van der Waals surface area (Å²) in [5.74, 6) is -4.61. The van der Waals surface area contributed by atoms with Gasteiger partial charge in [-0.05, 0) is 72.3 Å². The number of nitrogens with one attached hydrogen (secondary N) is 2.